The summed E-state index contributed by atoms with van der Waals surface area (Å²) >= 11 is 2.44. The molecule has 0 saturated carbocycles. The van der Waals surface area contributed by atoms with E-state index in [4.69, 9.17) is 0 Å². The number of thiophene rings is 2. The lowest BCUT2D eigenvalue weighted by molar-refractivity contribution is -0.109. The van der Waals surface area contributed by atoms with E-state index in [-0.39, 0.29) is 39.6 Å². The predicted octanol–water partition coefficient (Wildman–Crippen LogP) is 2.63. The molecule has 0 aromatic carbocycles. The van der Waals surface area contributed by atoms with Gasteiger partial charge in [-0.3, -0.25) is 4.79 Å². The molecule has 0 bridgehead atoms. The molecule has 4 nitrogen and oxygen atoms in total. The van der Waals surface area contributed by atoms with Crippen LogP contribution in [-0.2, 0) is 10.2 Å². The summed E-state index contributed by atoms with van der Waals surface area (Å²) in [6, 6.07) is 3.08. The first kappa shape index (κ1) is 15.8. The maximum atomic E-state index is 12.5. The van der Waals surface area contributed by atoms with Crippen LogP contribution in [0.3, 0.4) is 0 Å². The smallest absolute Gasteiger partial charge is 0.203 e. The van der Waals surface area contributed by atoms with Gasteiger partial charge in [-0.05, 0) is 17.5 Å². The van der Waals surface area contributed by atoms with E-state index in [1.807, 2.05) is 20.8 Å². The van der Waals surface area contributed by atoms with E-state index in [0.717, 1.165) is 16.2 Å². The molecule has 6 heteroatoms. The zero-order valence-electron chi connectivity index (χ0n) is 12.9. The molecule has 0 radical (unpaired) electrons. The molecule has 0 saturated heterocycles. The van der Waals surface area contributed by atoms with Crippen LogP contribution >= 0.6 is 22.7 Å². The number of rotatable bonds is 1. The lowest BCUT2D eigenvalue weighted by Crippen LogP contribution is -2.25. The number of aliphatic hydroxyl groups excluding tert-OH is 1. The predicted molar refractivity (Wildman–Crippen MR) is 93.4 cm³/mol. The highest BCUT2D eigenvalue weighted by Gasteiger charge is 2.39. The first-order valence-corrected chi connectivity index (χ1v) is 8.58. The molecular formula is C17H16O4S2. The standard InChI is InChI=1S/C17H16O4S2/c1-7-5-8(18)15(22-7)11-13(20)12(14(11)21)16-9(19)6-10(23-16)17(2,3)4/h5-6,18-20H,1H2,2-4H3/b15-11+. The van der Waals surface area contributed by atoms with Gasteiger partial charge in [0.25, 0.3) is 0 Å². The Labute approximate surface area is 141 Å². The summed E-state index contributed by atoms with van der Waals surface area (Å²) in [4.78, 5) is 13.8. The lowest BCUT2D eigenvalue weighted by atomic mass is 9.87. The fourth-order valence-electron chi connectivity index (χ4n) is 2.36. The second-order valence-corrected chi connectivity index (χ2v) is 8.62. The molecule has 23 heavy (non-hydrogen) atoms. The Morgan fingerprint density at radius 2 is 1.65 bits per heavy atom. The molecule has 0 amide bonds. The molecule has 3 rings (SSSR count). The highest BCUT2D eigenvalue weighted by atomic mass is 32.1. The van der Waals surface area contributed by atoms with Crippen LogP contribution in [0.4, 0.5) is 0 Å². The van der Waals surface area contributed by atoms with E-state index in [2.05, 4.69) is 6.58 Å². The van der Waals surface area contributed by atoms with Crippen molar-refractivity contribution >= 4 is 46.2 Å². The van der Waals surface area contributed by atoms with E-state index < -0.39 is 0 Å². The van der Waals surface area contributed by atoms with Gasteiger partial charge in [-0.25, -0.2) is 0 Å². The first-order valence-electron chi connectivity index (χ1n) is 6.95. The van der Waals surface area contributed by atoms with Crippen molar-refractivity contribution in [3.05, 3.63) is 36.7 Å². The number of hydrogen-bond donors (Lipinski definition) is 3. The summed E-state index contributed by atoms with van der Waals surface area (Å²) in [5.41, 5.74) is 0.0315. The number of allylic oxidation sites excluding steroid dienone is 2. The van der Waals surface area contributed by atoms with Crippen molar-refractivity contribution in [1.82, 2.24) is 0 Å². The molecule has 0 aliphatic heterocycles. The van der Waals surface area contributed by atoms with Crippen LogP contribution in [0.25, 0.3) is 17.7 Å². The molecule has 120 valence electrons. The summed E-state index contributed by atoms with van der Waals surface area (Å²) in [5.74, 6) is -0.649. The van der Waals surface area contributed by atoms with Gasteiger partial charge in [0.2, 0.25) is 5.78 Å². The van der Waals surface area contributed by atoms with E-state index >= 15 is 0 Å². The molecule has 3 N–H and O–H groups in total. The zero-order chi connectivity index (χ0) is 17.1. The van der Waals surface area contributed by atoms with E-state index in [0.29, 0.717) is 13.9 Å². The number of aromatic hydroxyl groups is 2. The van der Waals surface area contributed by atoms with Gasteiger partial charge in [0.05, 0.1) is 20.6 Å². The Morgan fingerprint density at radius 1 is 1.00 bits per heavy atom. The lowest BCUT2D eigenvalue weighted by Gasteiger charge is -2.20. The Balaban J connectivity index is 2.19. The summed E-state index contributed by atoms with van der Waals surface area (Å²) < 4.78 is 0.918. The number of aliphatic hydroxyl groups is 1. The minimum absolute atomic E-state index is 0.0119. The Kier molecular flexibility index (Phi) is 3.42. The van der Waals surface area contributed by atoms with Crippen molar-refractivity contribution in [3.63, 3.8) is 0 Å². The quantitative estimate of drug-likeness (QED) is 0.740. The molecule has 1 aliphatic carbocycles. The van der Waals surface area contributed by atoms with Gasteiger partial charge < -0.3 is 15.3 Å². The number of hydrogen-bond acceptors (Lipinski definition) is 6. The maximum absolute atomic E-state index is 12.5. The Hall–Kier alpha value is -2.05. The minimum Gasteiger partial charge on any atom is -0.506 e. The maximum Gasteiger partial charge on any atom is 0.203 e. The molecule has 0 spiro atoms. The third-order valence-corrected chi connectivity index (χ3v) is 6.16. The first-order chi connectivity index (χ1) is 10.6. The summed E-state index contributed by atoms with van der Waals surface area (Å²) in [7, 11) is 0. The van der Waals surface area contributed by atoms with Gasteiger partial charge in [0, 0.05) is 9.41 Å². The van der Waals surface area contributed by atoms with Gasteiger partial charge in [-0.15, -0.1) is 22.7 Å². The van der Waals surface area contributed by atoms with Crippen LogP contribution in [0.1, 0.15) is 30.5 Å². The molecule has 2 aromatic heterocycles. The van der Waals surface area contributed by atoms with Crippen molar-refractivity contribution in [2.45, 2.75) is 26.2 Å². The Bertz CT molecular complexity index is 967. The third-order valence-electron chi connectivity index (χ3n) is 3.60. The summed E-state index contributed by atoms with van der Waals surface area (Å²) in [6.45, 7) is 9.74. The minimum atomic E-state index is -0.378. The van der Waals surface area contributed by atoms with E-state index in [9.17, 15) is 20.1 Å². The molecule has 2 heterocycles. The van der Waals surface area contributed by atoms with Crippen molar-refractivity contribution in [2.24, 2.45) is 0 Å². The molecule has 1 aliphatic rings. The zero-order valence-corrected chi connectivity index (χ0v) is 14.6. The monoisotopic (exact) mass is 348 g/mol. The third kappa shape index (κ3) is 2.38. The Morgan fingerprint density at radius 3 is 2.09 bits per heavy atom. The van der Waals surface area contributed by atoms with Crippen LogP contribution in [-0.4, -0.2) is 21.1 Å². The fourth-order valence-corrected chi connectivity index (χ4v) is 4.40. The van der Waals surface area contributed by atoms with Gasteiger partial charge in [0.15, 0.2) is 0 Å². The highest BCUT2D eigenvalue weighted by molar-refractivity contribution is 7.14. The van der Waals surface area contributed by atoms with Crippen LogP contribution in [0, 0.1) is 0 Å². The molecule has 0 atom stereocenters. The van der Waals surface area contributed by atoms with Crippen LogP contribution < -0.4 is 9.06 Å². The molecule has 0 unspecified atom stereocenters. The van der Waals surface area contributed by atoms with E-state index in [1.165, 1.54) is 17.4 Å². The van der Waals surface area contributed by atoms with Crippen LogP contribution in [0.2, 0.25) is 0 Å². The van der Waals surface area contributed by atoms with Crippen molar-refractivity contribution in [3.8, 4) is 11.5 Å². The summed E-state index contributed by atoms with van der Waals surface area (Å²) in [5, 5.41) is 30.3. The van der Waals surface area contributed by atoms with E-state index in [1.54, 1.807) is 6.07 Å². The highest BCUT2D eigenvalue weighted by Crippen LogP contribution is 2.46. The number of carbonyl (C=O) groups is 1. The molecule has 2 aromatic rings. The van der Waals surface area contributed by atoms with Gasteiger partial charge >= 0.3 is 0 Å². The van der Waals surface area contributed by atoms with Gasteiger partial charge in [-0.2, -0.15) is 0 Å². The second kappa shape index (κ2) is 4.97. The molecular weight excluding hydrogens is 332 g/mol. The summed E-state index contributed by atoms with van der Waals surface area (Å²) in [6.07, 6.45) is 0. The second-order valence-electron chi connectivity index (χ2n) is 6.43. The van der Waals surface area contributed by atoms with Gasteiger partial charge in [-0.1, -0.05) is 27.4 Å². The van der Waals surface area contributed by atoms with Gasteiger partial charge in [0.1, 0.15) is 17.3 Å². The topological polar surface area (TPSA) is 77.8 Å². The number of Topliss-reactive ketones (excluding diaryl/α,β-unsaturated/α-hetero) is 1. The average Bonchev–Trinajstić information content (AvgIpc) is 2.94. The van der Waals surface area contributed by atoms with Crippen molar-refractivity contribution < 1.29 is 20.1 Å². The number of ketones is 1. The largest absolute Gasteiger partial charge is 0.506 e. The average molecular weight is 348 g/mol. The SMILES string of the molecule is C=c1cc(O)/c(=C2\C(=O)C(c3sc(C(C)(C)C)cc3O)=C2O)s1. The van der Waals surface area contributed by atoms with Crippen molar-refractivity contribution in [1.29, 1.82) is 0 Å². The fraction of sp³-hybridized carbons (Fsp3) is 0.235. The van der Waals surface area contributed by atoms with Crippen molar-refractivity contribution in [2.75, 3.05) is 0 Å². The normalized spacial score (nSPS) is 17.6. The molecule has 0 fully saturated rings. The number of carbonyl (C=O) groups excluding carboxylic acids is 1. The van der Waals surface area contributed by atoms with Crippen LogP contribution in [0.15, 0.2) is 17.9 Å². The van der Waals surface area contributed by atoms with Crippen LogP contribution in [0.5, 0.6) is 11.5 Å².